The summed E-state index contributed by atoms with van der Waals surface area (Å²) >= 11 is 12.7. The fourth-order valence-electron chi connectivity index (χ4n) is 11.4. The fraction of sp³-hybridized carbons (Fsp3) is 0.393. The van der Waals surface area contributed by atoms with Crippen LogP contribution in [0.25, 0.3) is 11.1 Å². The molecule has 3 N–H and O–H groups in total. The number of carbonyl (C=O) groups is 4. The molecular formula is C61H68Cl2FN11O8. The molecular weight excluding hydrogens is 1100 g/mol. The minimum absolute atomic E-state index is 0.127. The molecule has 19 nitrogen and oxygen atoms in total. The number of pyridine rings is 1. The molecule has 3 atom stereocenters. The van der Waals surface area contributed by atoms with Gasteiger partial charge in [0.15, 0.2) is 0 Å². The average Bonchev–Trinajstić information content (AvgIpc) is 3.26. The van der Waals surface area contributed by atoms with Crippen LogP contribution in [0.2, 0.25) is 10.0 Å². The minimum Gasteiger partial charge on any atom is -0.497 e. The molecule has 6 aromatic rings. The molecule has 22 heteroatoms. The van der Waals surface area contributed by atoms with Gasteiger partial charge in [-0.25, -0.2) is 14.2 Å². The molecule has 5 amide bonds. The number of methoxy groups -OCH3 is 1. The Bertz CT molecular complexity index is 3400. The first-order valence-electron chi connectivity index (χ1n) is 27.9. The topological polar surface area (TPSA) is 203 Å². The number of aliphatic imine (C=N–C) groups is 1. The second kappa shape index (κ2) is 25.8. The summed E-state index contributed by atoms with van der Waals surface area (Å²) in [6.45, 7) is 8.91. The zero-order chi connectivity index (χ0) is 58.5. The van der Waals surface area contributed by atoms with Crippen LogP contribution in [-0.2, 0) is 32.2 Å². The van der Waals surface area contributed by atoms with Gasteiger partial charge in [-0.3, -0.25) is 29.0 Å². The van der Waals surface area contributed by atoms with E-state index in [1.165, 1.54) is 12.1 Å². The number of ether oxygens (including phenoxy) is 4. The van der Waals surface area contributed by atoms with E-state index in [4.69, 9.17) is 58.0 Å². The molecule has 0 saturated carbocycles. The average molecular weight is 1170 g/mol. The van der Waals surface area contributed by atoms with Crippen molar-refractivity contribution in [2.24, 2.45) is 4.99 Å². The molecule has 0 radical (unpaired) electrons. The smallest absolute Gasteiger partial charge is 0.326 e. The molecule has 6 heterocycles. The summed E-state index contributed by atoms with van der Waals surface area (Å²) in [7, 11) is 3.29. The normalized spacial score (nSPS) is 17.9. The maximum absolute atomic E-state index is 15.1. The third kappa shape index (κ3) is 12.9. The Labute approximate surface area is 492 Å². The Morgan fingerprint density at radius 3 is 2.30 bits per heavy atom. The van der Waals surface area contributed by atoms with Crippen molar-refractivity contribution in [3.05, 3.63) is 152 Å². The number of nitrogens with one attached hydrogen (secondary N) is 1. The van der Waals surface area contributed by atoms with E-state index in [9.17, 15) is 18.8 Å². The molecule has 0 unspecified atom stereocenters. The van der Waals surface area contributed by atoms with E-state index in [1.807, 2.05) is 61.9 Å². The highest BCUT2D eigenvalue weighted by atomic mass is 35.5. The highest BCUT2D eigenvalue weighted by Crippen LogP contribution is 2.47. The van der Waals surface area contributed by atoms with E-state index in [1.54, 1.807) is 82.4 Å². The maximum atomic E-state index is 15.1. The molecule has 2 bridgehead atoms. The number of nitrogens with two attached hydrogens (primary N) is 1. The van der Waals surface area contributed by atoms with Crippen molar-refractivity contribution in [3.8, 4) is 22.6 Å². The second-order valence-electron chi connectivity index (χ2n) is 21.3. The van der Waals surface area contributed by atoms with Crippen molar-refractivity contribution in [1.29, 1.82) is 0 Å². The number of carbonyl (C=O) groups excluding carboxylic acids is 4. The van der Waals surface area contributed by atoms with Crippen LogP contribution in [-0.4, -0.2) is 150 Å². The van der Waals surface area contributed by atoms with Crippen molar-refractivity contribution in [1.82, 2.24) is 39.7 Å². The third-order valence-electron chi connectivity index (χ3n) is 15.4. The molecule has 2 aromatic heterocycles. The number of rotatable bonds is 18. The van der Waals surface area contributed by atoms with Crippen LogP contribution in [0.15, 0.2) is 102 Å². The number of anilines is 2. The van der Waals surface area contributed by atoms with Gasteiger partial charge in [0.05, 0.1) is 81.8 Å². The molecule has 4 aliphatic heterocycles. The molecule has 4 aliphatic rings. The zero-order valence-corrected chi connectivity index (χ0v) is 48.7. The first-order chi connectivity index (χ1) is 40.1. The lowest BCUT2D eigenvalue weighted by Crippen LogP contribution is -2.56. The highest BCUT2D eigenvalue weighted by molar-refractivity contribution is 6.30. The standard InChI is InChI=1S/C61H68Cl2FN11O8/c1-37(2)83-52-33-45(80-5)17-19-47(52)59-68-56(39-8-12-42(62)13-9-39)57(40-10-14-43(63)15-11-40)75(59)61(79)72-25-24-71(54(77)36-72)26-28-82-30-29-81-27-20-53(76)66-21-23-74-38(3)55-41-31-51(58(65)67-34-41)73-22-6-7-50(73)48-32-44(64)16-18-46(48)60(78)70(4)35-49(55)69-74/h8-19,31-34,37,50,56-57H,6-7,20-30,35-36H2,1-5H3,(H2,65,67)(H,66,76)/t50-,56+,57-/m1/s1. The van der Waals surface area contributed by atoms with Gasteiger partial charge >= 0.3 is 6.03 Å². The molecule has 83 heavy (non-hydrogen) atoms. The Morgan fingerprint density at radius 1 is 0.855 bits per heavy atom. The number of benzene rings is 4. The number of amidine groups is 1. The number of hydrogen-bond donors (Lipinski definition) is 2. The van der Waals surface area contributed by atoms with Crippen LogP contribution in [0.3, 0.4) is 0 Å². The van der Waals surface area contributed by atoms with Crippen molar-refractivity contribution in [3.63, 3.8) is 0 Å². The molecule has 436 valence electrons. The number of nitrogen functional groups attached to an aromatic ring is 1. The van der Waals surface area contributed by atoms with Gasteiger partial charge in [-0.15, -0.1) is 0 Å². The number of halogens is 3. The van der Waals surface area contributed by atoms with Crippen molar-refractivity contribution >= 4 is 64.3 Å². The predicted molar refractivity (Wildman–Crippen MR) is 314 cm³/mol. The summed E-state index contributed by atoms with van der Waals surface area (Å²) in [5.74, 6) is 0.720. The number of amides is 5. The zero-order valence-electron chi connectivity index (χ0n) is 47.2. The maximum Gasteiger partial charge on any atom is 0.326 e. The summed E-state index contributed by atoms with van der Waals surface area (Å²) < 4.78 is 40.0. The quantitative estimate of drug-likeness (QED) is 0.0775. The van der Waals surface area contributed by atoms with Gasteiger partial charge in [-0.05, 0) is 111 Å². The van der Waals surface area contributed by atoms with Gasteiger partial charge in [0.1, 0.15) is 41.6 Å². The molecule has 2 saturated heterocycles. The van der Waals surface area contributed by atoms with Gasteiger partial charge in [0, 0.05) is 90.9 Å². The lowest BCUT2D eigenvalue weighted by atomic mass is 9.93. The molecule has 10 rings (SSSR count). The number of piperazine rings is 1. The monoisotopic (exact) mass is 1170 g/mol. The SMILES string of the molecule is COc1ccc(C2=N[C@@H](c3ccc(Cl)cc3)[C@@H](c3ccc(Cl)cc3)N2C(=O)N2CCN(CCOCCOCCC(=O)NCCn3nc4c(c3C)-c3cnc(N)c(c3)N3CCC[C@@H]3c3cc(F)ccc3C(=O)N(C)C4)C(=O)C2)c(OC(C)C)c1. The lowest BCUT2D eigenvalue weighted by molar-refractivity contribution is -0.135. The van der Waals surface area contributed by atoms with Gasteiger partial charge in [-0.1, -0.05) is 47.5 Å². The summed E-state index contributed by atoms with van der Waals surface area (Å²) in [6, 6.07) is 24.6. The molecule has 2 fully saturated rings. The Hall–Kier alpha value is -7.78. The van der Waals surface area contributed by atoms with Gasteiger partial charge in [0.2, 0.25) is 11.8 Å². The Morgan fingerprint density at radius 2 is 1.58 bits per heavy atom. The van der Waals surface area contributed by atoms with E-state index in [0.29, 0.717) is 81.8 Å². The van der Waals surface area contributed by atoms with E-state index < -0.39 is 23.9 Å². The second-order valence-corrected chi connectivity index (χ2v) is 22.1. The Kier molecular flexibility index (Phi) is 18.1. The van der Waals surface area contributed by atoms with Gasteiger partial charge in [0.25, 0.3) is 5.91 Å². The number of fused-ring (bicyclic) bond motifs is 8. The number of hydrogen-bond acceptors (Lipinski definition) is 13. The van der Waals surface area contributed by atoms with Crippen molar-refractivity contribution < 1.29 is 42.5 Å². The van der Waals surface area contributed by atoms with Crippen LogP contribution in [0.5, 0.6) is 11.5 Å². The van der Waals surface area contributed by atoms with Crippen LogP contribution in [0, 0.1) is 12.7 Å². The van der Waals surface area contributed by atoms with Crippen LogP contribution in [0.1, 0.15) is 95.2 Å². The van der Waals surface area contributed by atoms with Gasteiger partial charge in [-0.2, -0.15) is 5.10 Å². The number of urea groups is 1. The number of nitrogens with zero attached hydrogens (tertiary/aromatic N) is 9. The third-order valence-corrected chi connectivity index (χ3v) is 15.9. The predicted octanol–water partition coefficient (Wildman–Crippen LogP) is 9.05. The fourth-order valence-corrected chi connectivity index (χ4v) is 11.6. The first-order valence-corrected chi connectivity index (χ1v) is 28.7. The van der Waals surface area contributed by atoms with E-state index in [-0.39, 0.29) is 88.9 Å². The Balaban J connectivity index is 0.706. The van der Waals surface area contributed by atoms with Crippen LogP contribution < -0.4 is 25.4 Å². The first kappa shape index (κ1) is 58.4. The van der Waals surface area contributed by atoms with Crippen molar-refractivity contribution in [2.45, 2.75) is 77.4 Å². The molecule has 0 spiro atoms. The van der Waals surface area contributed by atoms with Crippen LogP contribution in [0.4, 0.5) is 20.7 Å². The molecule has 0 aliphatic carbocycles. The van der Waals surface area contributed by atoms with Gasteiger partial charge < -0.3 is 49.6 Å². The largest absolute Gasteiger partial charge is 0.497 e. The summed E-state index contributed by atoms with van der Waals surface area (Å²) in [6.07, 6.45) is 3.21. The van der Waals surface area contributed by atoms with Crippen LogP contribution >= 0.6 is 23.2 Å². The van der Waals surface area contributed by atoms with E-state index in [2.05, 4.69) is 15.2 Å². The number of aromatic nitrogens is 3. The minimum atomic E-state index is -0.631. The lowest BCUT2D eigenvalue weighted by Gasteiger charge is -2.38. The van der Waals surface area contributed by atoms with E-state index >= 15 is 4.79 Å². The van der Waals surface area contributed by atoms with E-state index in [0.717, 1.165) is 46.5 Å². The summed E-state index contributed by atoms with van der Waals surface area (Å²) in [4.78, 5) is 74.4. The summed E-state index contributed by atoms with van der Waals surface area (Å²) in [5.41, 5.74) is 13.6. The molecule has 4 aromatic carbocycles. The van der Waals surface area contributed by atoms with Crippen molar-refractivity contribution in [2.75, 3.05) is 90.5 Å². The highest BCUT2D eigenvalue weighted by Gasteiger charge is 2.46. The summed E-state index contributed by atoms with van der Waals surface area (Å²) in [5, 5.41) is 9.00.